The van der Waals surface area contributed by atoms with Gasteiger partial charge in [0.05, 0.1) is 25.2 Å². The van der Waals surface area contributed by atoms with Gasteiger partial charge in [0.2, 0.25) is 0 Å². The SMILES string of the molecule is CCOC(=O)c1cccc(OCCC(=O)O)c1. The summed E-state index contributed by atoms with van der Waals surface area (Å²) in [6.45, 7) is 2.11. The maximum atomic E-state index is 11.4. The number of carbonyl (C=O) groups excluding carboxylic acids is 1. The lowest BCUT2D eigenvalue weighted by Gasteiger charge is -2.06. The van der Waals surface area contributed by atoms with Crippen molar-refractivity contribution in [2.75, 3.05) is 13.2 Å². The van der Waals surface area contributed by atoms with Crippen LogP contribution in [0.2, 0.25) is 0 Å². The average Bonchev–Trinajstić information content (AvgIpc) is 2.29. The molecule has 1 N–H and O–H groups in total. The molecule has 0 fully saturated rings. The molecule has 0 aliphatic carbocycles. The lowest BCUT2D eigenvalue weighted by molar-refractivity contribution is -0.137. The van der Waals surface area contributed by atoms with Gasteiger partial charge in [0, 0.05) is 0 Å². The first kappa shape index (κ1) is 13.0. The van der Waals surface area contributed by atoms with Crippen LogP contribution in [0.5, 0.6) is 5.75 Å². The minimum Gasteiger partial charge on any atom is -0.493 e. The molecule has 0 aromatic heterocycles. The molecule has 1 rings (SSSR count). The topological polar surface area (TPSA) is 72.8 Å². The number of carboxylic acids is 1. The highest BCUT2D eigenvalue weighted by Gasteiger charge is 2.07. The summed E-state index contributed by atoms with van der Waals surface area (Å²) >= 11 is 0. The standard InChI is InChI=1S/C12H14O5/c1-2-16-12(15)9-4-3-5-10(8-9)17-7-6-11(13)14/h3-5,8H,2,6-7H2,1H3,(H,13,14). The van der Waals surface area contributed by atoms with Crippen LogP contribution in [0.15, 0.2) is 24.3 Å². The number of esters is 1. The molecule has 0 aliphatic heterocycles. The largest absolute Gasteiger partial charge is 0.493 e. The highest BCUT2D eigenvalue weighted by Crippen LogP contribution is 2.14. The van der Waals surface area contributed by atoms with Gasteiger partial charge in [-0.05, 0) is 25.1 Å². The fourth-order valence-corrected chi connectivity index (χ4v) is 1.18. The third-order valence-electron chi connectivity index (χ3n) is 1.93. The van der Waals surface area contributed by atoms with Crippen molar-refractivity contribution in [3.63, 3.8) is 0 Å². The number of carboxylic acid groups (broad SMARTS) is 1. The predicted molar refractivity (Wildman–Crippen MR) is 60.1 cm³/mol. The zero-order chi connectivity index (χ0) is 12.7. The van der Waals surface area contributed by atoms with E-state index in [0.29, 0.717) is 17.9 Å². The van der Waals surface area contributed by atoms with Crippen molar-refractivity contribution in [1.29, 1.82) is 0 Å². The molecule has 5 nitrogen and oxygen atoms in total. The van der Waals surface area contributed by atoms with Crippen molar-refractivity contribution in [1.82, 2.24) is 0 Å². The van der Waals surface area contributed by atoms with Crippen LogP contribution in [0.25, 0.3) is 0 Å². The Kier molecular flexibility index (Phi) is 5.00. The maximum absolute atomic E-state index is 11.4. The third kappa shape index (κ3) is 4.55. The fourth-order valence-electron chi connectivity index (χ4n) is 1.18. The van der Waals surface area contributed by atoms with Crippen molar-refractivity contribution < 1.29 is 24.2 Å². The fraction of sp³-hybridized carbons (Fsp3) is 0.333. The second-order valence-electron chi connectivity index (χ2n) is 3.24. The van der Waals surface area contributed by atoms with Gasteiger partial charge in [-0.3, -0.25) is 4.79 Å². The molecule has 0 spiro atoms. The van der Waals surface area contributed by atoms with E-state index in [1.807, 2.05) is 0 Å². The molecule has 0 atom stereocenters. The van der Waals surface area contributed by atoms with Crippen molar-refractivity contribution >= 4 is 11.9 Å². The van der Waals surface area contributed by atoms with Gasteiger partial charge in [-0.1, -0.05) is 6.07 Å². The van der Waals surface area contributed by atoms with Crippen LogP contribution in [0.4, 0.5) is 0 Å². The van der Waals surface area contributed by atoms with Gasteiger partial charge in [0.25, 0.3) is 0 Å². The van der Waals surface area contributed by atoms with Crippen molar-refractivity contribution in [2.24, 2.45) is 0 Å². The number of hydrogen-bond acceptors (Lipinski definition) is 4. The molecule has 1 aromatic rings. The quantitative estimate of drug-likeness (QED) is 0.764. The first-order valence-corrected chi connectivity index (χ1v) is 5.25. The van der Waals surface area contributed by atoms with Crippen LogP contribution < -0.4 is 4.74 Å². The van der Waals surface area contributed by atoms with Crippen LogP contribution >= 0.6 is 0 Å². The Morgan fingerprint density at radius 2 is 2.12 bits per heavy atom. The minimum absolute atomic E-state index is 0.0710. The van der Waals surface area contributed by atoms with Gasteiger partial charge in [0.15, 0.2) is 0 Å². The van der Waals surface area contributed by atoms with E-state index in [1.165, 1.54) is 6.07 Å². The van der Waals surface area contributed by atoms with E-state index in [0.717, 1.165) is 0 Å². The Morgan fingerprint density at radius 3 is 2.76 bits per heavy atom. The zero-order valence-corrected chi connectivity index (χ0v) is 9.51. The lowest BCUT2D eigenvalue weighted by Crippen LogP contribution is -2.07. The van der Waals surface area contributed by atoms with Gasteiger partial charge < -0.3 is 14.6 Å². The Labute approximate surface area is 99.0 Å². The summed E-state index contributed by atoms with van der Waals surface area (Å²) in [6, 6.07) is 6.45. The minimum atomic E-state index is -0.924. The molecule has 0 bridgehead atoms. The molecule has 1 aromatic carbocycles. The molecule has 0 saturated carbocycles. The van der Waals surface area contributed by atoms with Crippen LogP contribution in [0, 0.1) is 0 Å². The predicted octanol–water partition coefficient (Wildman–Crippen LogP) is 1.72. The highest BCUT2D eigenvalue weighted by atomic mass is 16.5. The van der Waals surface area contributed by atoms with E-state index in [2.05, 4.69) is 0 Å². The van der Waals surface area contributed by atoms with Crippen LogP contribution in [0.3, 0.4) is 0 Å². The molecule has 0 heterocycles. The normalized spacial score (nSPS) is 9.71. The second-order valence-corrected chi connectivity index (χ2v) is 3.24. The molecule has 17 heavy (non-hydrogen) atoms. The molecule has 0 saturated heterocycles. The summed E-state index contributed by atoms with van der Waals surface area (Å²) in [6.07, 6.45) is -0.0797. The number of aliphatic carboxylic acids is 1. The smallest absolute Gasteiger partial charge is 0.338 e. The molecule has 0 amide bonds. The van der Waals surface area contributed by atoms with Crippen molar-refractivity contribution in [3.05, 3.63) is 29.8 Å². The molecule has 0 unspecified atom stereocenters. The summed E-state index contributed by atoms with van der Waals surface area (Å²) < 4.78 is 10.0. The zero-order valence-electron chi connectivity index (χ0n) is 9.51. The number of hydrogen-bond donors (Lipinski definition) is 1. The molecular weight excluding hydrogens is 224 g/mol. The summed E-state index contributed by atoms with van der Waals surface area (Å²) in [4.78, 5) is 21.7. The number of benzene rings is 1. The monoisotopic (exact) mass is 238 g/mol. The third-order valence-corrected chi connectivity index (χ3v) is 1.93. The molecular formula is C12H14O5. The van der Waals surface area contributed by atoms with E-state index >= 15 is 0 Å². The molecule has 92 valence electrons. The Hall–Kier alpha value is -2.04. The number of carbonyl (C=O) groups is 2. The van der Waals surface area contributed by atoms with Crippen LogP contribution in [0.1, 0.15) is 23.7 Å². The van der Waals surface area contributed by atoms with Gasteiger partial charge in [-0.25, -0.2) is 4.79 Å². The van der Waals surface area contributed by atoms with Crippen LogP contribution in [-0.2, 0) is 9.53 Å². The van der Waals surface area contributed by atoms with Gasteiger partial charge in [0.1, 0.15) is 5.75 Å². The summed E-state index contributed by atoms with van der Waals surface area (Å²) in [5.41, 5.74) is 0.389. The summed E-state index contributed by atoms with van der Waals surface area (Å²) in [7, 11) is 0. The van der Waals surface area contributed by atoms with E-state index < -0.39 is 11.9 Å². The molecule has 5 heteroatoms. The van der Waals surface area contributed by atoms with E-state index in [9.17, 15) is 9.59 Å². The summed E-state index contributed by atoms with van der Waals surface area (Å²) in [5, 5.41) is 8.45. The Bertz CT molecular complexity index is 400. The van der Waals surface area contributed by atoms with Gasteiger partial charge in [-0.15, -0.1) is 0 Å². The van der Waals surface area contributed by atoms with Crippen molar-refractivity contribution in [3.8, 4) is 5.75 Å². The molecule has 0 aliphatic rings. The molecule has 0 radical (unpaired) electrons. The van der Waals surface area contributed by atoms with E-state index in [1.54, 1.807) is 25.1 Å². The van der Waals surface area contributed by atoms with E-state index in [4.69, 9.17) is 14.6 Å². The average molecular weight is 238 g/mol. The number of rotatable bonds is 6. The maximum Gasteiger partial charge on any atom is 0.338 e. The first-order valence-electron chi connectivity index (χ1n) is 5.25. The van der Waals surface area contributed by atoms with Crippen LogP contribution in [-0.4, -0.2) is 30.3 Å². The lowest BCUT2D eigenvalue weighted by atomic mass is 10.2. The van der Waals surface area contributed by atoms with Gasteiger partial charge in [-0.2, -0.15) is 0 Å². The van der Waals surface area contributed by atoms with Gasteiger partial charge >= 0.3 is 11.9 Å². The number of ether oxygens (including phenoxy) is 2. The Balaban J connectivity index is 2.59. The Morgan fingerprint density at radius 1 is 1.35 bits per heavy atom. The van der Waals surface area contributed by atoms with E-state index in [-0.39, 0.29) is 13.0 Å². The highest BCUT2D eigenvalue weighted by molar-refractivity contribution is 5.89. The second kappa shape index (κ2) is 6.52. The first-order chi connectivity index (χ1) is 8.13. The summed E-state index contributed by atoms with van der Waals surface area (Å²) in [5.74, 6) is -0.889. The van der Waals surface area contributed by atoms with Crippen molar-refractivity contribution in [2.45, 2.75) is 13.3 Å².